The van der Waals surface area contributed by atoms with Crippen molar-refractivity contribution in [2.75, 3.05) is 18.0 Å². The third-order valence-corrected chi connectivity index (χ3v) is 5.25. The van der Waals surface area contributed by atoms with Gasteiger partial charge >= 0.3 is 0 Å². The summed E-state index contributed by atoms with van der Waals surface area (Å²) in [5.74, 6) is 1.88. The summed E-state index contributed by atoms with van der Waals surface area (Å²) in [5, 5.41) is 0. The molecular weight excluding hydrogens is 288 g/mol. The molecule has 3 heteroatoms. The molecule has 1 heterocycles. The Morgan fingerprint density at radius 2 is 1.94 bits per heavy atom. The van der Waals surface area contributed by atoms with E-state index in [1.165, 1.54) is 43.6 Å². The Morgan fingerprint density at radius 1 is 1.28 bits per heavy atom. The molecule has 1 aliphatic heterocycles. The van der Waals surface area contributed by atoms with Crippen LogP contribution in [-0.2, 0) is 0 Å². The maximum Gasteiger partial charge on any atom is 0.0377 e. The lowest BCUT2D eigenvalue weighted by Crippen LogP contribution is -2.20. The predicted molar refractivity (Wildman–Crippen MR) is 79.8 cm³/mol. The van der Waals surface area contributed by atoms with Gasteiger partial charge in [-0.15, -0.1) is 0 Å². The zero-order valence-electron chi connectivity index (χ0n) is 10.9. The van der Waals surface area contributed by atoms with Gasteiger partial charge in [0.25, 0.3) is 0 Å². The van der Waals surface area contributed by atoms with E-state index >= 15 is 0 Å². The Labute approximate surface area is 118 Å². The van der Waals surface area contributed by atoms with Crippen molar-refractivity contribution in [1.29, 1.82) is 0 Å². The minimum atomic E-state index is 0.0892. The van der Waals surface area contributed by atoms with E-state index in [2.05, 4.69) is 39.0 Å². The second kappa shape index (κ2) is 4.86. The number of hydrogen-bond acceptors (Lipinski definition) is 2. The minimum absolute atomic E-state index is 0.0892. The second-order valence-electron chi connectivity index (χ2n) is 5.85. The summed E-state index contributed by atoms with van der Waals surface area (Å²) < 4.78 is 1.15. The SMILES string of the molecule is C[C@H](N)c1ccc(N2CC3CCCC3C2)cc1Br. The predicted octanol–water partition coefficient (Wildman–Crippen LogP) is 3.71. The van der Waals surface area contributed by atoms with Crippen molar-refractivity contribution in [3.05, 3.63) is 28.2 Å². The number of nitrogens with zero attached hydrogens (tertiary/aromatic N) is 1. The zero-order valence-corrected chi connectivity index (χ0v) is 12.5. The quantitative estimate of drug-likeness (QED) is 0.902. The molecule has 1 aromatic carbocycles. The molecule has 0 spiro atoms. The van der Waals surface area contributed by atoms with Gasteiger partial charge in [-0.1, -0.05) is 28.4 Å². The molecule has 3 rings (SSSR count). The largest absolute Gasteiger partial charge is 0.371 e. The van der Waals surface area contributed by atoms with Gasteiger partial charge in [-0.2, -0.15) is 0 Å². The molecule has 18 heavy (non-hydrogen) atoms. The smallest absolute Gasteiger partial charge is 0.0377 e. The molecule has 2 N–H and O–H groups in total. The van der Waals surface area contributed by atoms with Crippen LogP contribution in [0.4, 0.5) is 5.69 Å². The van der Waals surface area contributed by atoms with E-state index < -0.39 is 0 Å². The van der Waals surface area contributed by atoms with Gasteiger partial charge in [0.2, 0.25) is 0 Å². The molecule has 2 aliphatic rings. The van der Waals surface area contributed by atoms with Crippen molar-refractivity contribution >= 4 is 21.6 Å². The van der Waals surface area contributed by atoms with Gasteiger partial charge in [0, 0.05) is 29.3 Å². The number of benzene rings is 1. The number of halogens is 1. The van der Waals surface area contributed by atoms with Crippen LogP contribution in [-0.4, -0.2) is 13.1 Å². The van der Waals surface area contributed by atoms with E-state index in [0.717, 1.165) is 16.3 Å². The number of nitrogens with two attached hydrogens (primary N) is 1. The normalized spacial score (nSPS) is 28.5. The third-order valence-electron chi connectivity index (χ3n) is 4.57. The molecule has 0 amide bonds. The van der Waals surface area contributed by atoms with Gasteiger partial charge in [0.1, 0.15) is 0 Å². The van der Waals surface area contributed by atoms with Crippen molar-refractivity contribution in [2.45, 2.75) is 32.2 Å². The first-order valence-electron chi connectivity index (χ1n) is 6.95. The van der Waals surface area contributed by atoms with Crippen molar-refractivity contribution in [1.82, 2.24) is 0 Å². The molecule has 0 bridgehead atoms. The Bertz CT molecular complexity index is 432. The average molecular weight is 309 g/mol. The molecule has 3 atom stereocenters. The van der Waals surface area contributed by atoms with Crippen LogP contribution in [0.25, 0.3) is 0 Å². The van der Waals surface area contributed by atoms with Gasteiger partial charge in [-0.25, -0.2) is 0 Å². The highest BCUT2D eigenvalue weighted by atomic mass is 79.9. The fraction of sp³-hybridized carbons (Fsp3) is 0.600. The van der Waals surface area contributed by atoms with E-state index in [-0.39, 0.29) is 6.04 Å². The van der Waals surface area contributed by atoms with Crippen LogP contribution in [0.2, 0.25) is 0 Å². The van der Waals surface area contributed by atoms with Crippen LogP contribution in [0.3, 0.4) is 0 Å². The van der Waals surface area contributed by atoms with Crippen molar-refractivity contribution in [2.24, 2.45) is 17.6 Å². The van der Waals surface area contributed by atoms with Crippen molar-refractivity contribution in [3.63, 3.8) is 0 Å². The molecule has 0 radical (unpaired) electrons. The van der Waals surface area contributed by atoms with E-state index in [4.69, 9.17) is 5.73 Å². The lowest BCUT2D eigenvalue weighted by Gasteiger charge is -2.21. The lowest BCUT2D eigenvalue weighted by atomic mass is 10.0. The van der Waals surface area contributed by atoms with E-state index in [1.54, 1.807) is 0 Å². The minimum Gasteiger partial charge on any atom is -0.371 e. The third kappa shape index (κ3) is 2.19. The number of hydrogen-bond donors (Lipinski definition) is 1. The Morgan fingerprint density at radius 3 is 2.50 bits per heavy atom. The monoisotopic (exact) mass is 308 g/mol. The summed E-state index contributed by atoms with van der Waals surface area (Å²) in [6, 6.07) is 6.72. The summed E-state index contributed by atoms with van der Waals surface area (Å²) in [7, 11) is 0. The van der Waals surface area contributed by atoms with Crippen LogP contribution in [0.5, 0.6) is 0 Å². The molecule has 1 saturated carbocycles. The summed E-state index contributed by atoms with van der Waals surface area (Å²) >= 11 is 3.65. The fourth-order valence-corrected chi connectivity index (χ4v) is 4.26. The van der Waals surface area contributed by atoms with Crippen LogP contribution >= 0.6 is 15.9 Å². The van der Waals surface area contributed by atoms with Crippen molar-refractivity contribution in [3.8, 4) is 0 Å². The van der Waals surface area contributed by atoms with Gasteiger partial charge in [-0.05, 0) is 49.3 Å². The van der Waals surface area contributed by atoms with E-state index in [1.807, 2.05) is 6.92 Å². The highest BCUT2D eigenvalue weighted by Gasteiger charge is 2.36. The van der Waals surface area contributed by atoms with E-state index in [9.17, 15) is 0 Å². The second-order valence-corrected chi connectivity index (χ2v) is 6.70. The number of fused-ring (bicyclic) bond motifs is 1. The van der Waals surface area contributed by atoms with Crippen LogP contribution in [0, 0.1) is 11.8 Å². The molecular formula is C15H21BrN2. The molecule has 2 nitrogen and oxygen atoms in total. The Kier molecular flexibility index (Phi) is 3.37. The Hall–Kier alpha value is -0.540. The molecule has 1 aromatic rings. The first-order valence-corrected chi connectivity index (χ1v) is 7.74. The zero-order chi connectivity index (χ0) is 12.7. The maximum absolute atomic E-state index is 5.95. The Balaban J connectivity index is 1.79. The standard InChI is InChI=1S/C15H21BrN2/c1-10(17)14-6-5-13(7-15(14)16)18-8-11-3-2-4-12(11)9-18/h5-7,10-12H,2-4,8-9,17H2,1H3/t10-,11?,12?/m0/s1. The van der Waals surface area contributed by atoms with Gasteiger partial charge in [0.05, 0.1) is 0 Å². The highest BCUT2D eigenvalue weighted by Crippen LogP contribution is 2.40. The van der Waals surface area contributed by atoms with Crippen LogP contribution < -0.4 is 10.6 Å². The molecule has 98 valence electrons. The van der Waals surface area contributed by atoms with E-state index in [0.29, 0.717) is 0 Å². The summed E-state index contributed by atoms with van der Waals surface area (Å²) in [5.41, 5.74) is 8.49. The average Bonchev–Trinajstić information content (AvgIpc) is 2.87. The molecule has 2 unspecified atom stereocenters. The fourth-order valence-electron chi connectivity index (χ4n) is 3.53. The summed E-state index contributed by atoms with van der Waals surface area (Å²) in [6.07, 6.45) is 4.30. The number of rotatable bonds is 2. The first-order chi connectivity index (χ1) is 8.65. The lowest BCUT2D eigenvalue weighted by molar-refractivity contribution is 0.494. The van der Waals surface area contributed by atoms with Gasteiger partial charge in [0.15, 0.2) is 0 Å². The van der Waals surface area contributed by atoms with Crippen LogP contribution in [0.1, 0.15) is 37.8 Å². The van der Waals surface area contributed by atoms with Gasteiger partial charge < -0.3 is 10.6 Å². The molecule has 2 fully saturated rings. The molecule has 0 aromatic heterocycles. The maximum atomic E-state index is 5.95. The highest BCUT2D eigenvalue weighted by molar-refractivity contribution is 9.10. The summed E-state index contributed by atoms with van der Waals surface area (Å²) in [6.45, 7) is 4.52. The topological polar surface area (TPSA) is 29.3 Å². The first kappa shape index (κ1) is 12.5. The van der Waals surface area contributed by atoms with Crippen LogP contribution in [0.15, 0.2) is 22.7 Å². The molecule has 1 saturated heterocycles. The number of anilines is 1. The van der Waals surface area contributed by atoms with Gasteiger partial charge in [-0.3, -0.25) is 0 Å². The van der Waals surface area contributed by atoms with Crippen molar-refractivity contribution < 1.29 is 0 Å². The molecule has 1 aliphatic carbocycles. The summed E-state index contributed by atoms with van der Waals surface area (Å²) in [4.78, 5) is 2.55.